The number of aromatic nitrogens is 3. The molecule has 0 amide bonds. The summed E-state index contributed by atoms with van der Waals surface area (Å²) in [5.41, 5.74) is 4.62. The van der Waals surface area contributed by atoms with Crippen LogP contribution in [0.3, 0.4) is 0 Å². The maximum atomic E-state index is 5.34. The smallest absolute Gasteiger partial charge is 0.132 e. The molecule has 2 N–H and O–H groups in total. The first kappa shape index (κ1) is 15.7. The van der Waals surface area contributed by atoms with Crippen LogP contribution in [0.2, 0.25) is 0 Å². The molecule has 0 radical (unpaired) electrons. The fraction of sp³-hybridized carbons (Fsp3) is 0.143. The van der Waals surface area contributed by atoms with Gasteiger partial charge in [0.2, 0.25) is 0 Å². The van der Waals surface area contributed by atoms with Gasteiger partial charge in [0, 0.05) is 24.2 Å². The van der Waals surface area contributed by atoms with E-state index in [-0.39, 0.29) is 0 Å². The lowest BCUT2D eigenvalue weighted by Crippen LogP contribution is -2.16. The zero-order chi connectivity index (χ0) is 18.2. The quantitative estimate of drug-likeness (QED) is 0.572. The van der Waals surface area contributed by atoms with Crippen molar-refractivity contribution in [2.75, 3.05) is 17.3 Å². The predicted octanol–water partition coefficient (Wildman–Crippen LogP) is 4.23. The van der Waals surface area contributed by atoms with Gasteiger partial charge in [0.05, 0.1) is 18.8 Å². The Balaban J connectivity index is 1.37. The Bertz CT molecular complexity index is 1120. The molecule has 1 aliphatic rings. The number of nitrogens with one attached hydrogen (secondary N) is 2. The largest absolute Gasteiger partial charge is 0.497 e. The van der Waals surface area contributed by atoms with Gasteiger partial charge in [0.1, 0.15) is 17.4 Å². The first-order valence-electron chi connectivity index (χ1n) is 8.86. The van der Waals surface area contributed by atoms with Crippen molar-refractivity contribution in [3.8, 4) is 5.75 Å². The number of ether oxygens (including phenoxy) is 1. The van der Waals surface area contributed by atoms with Crippen molar-refractivity contribution in [2.45, 2.75) is 13.1 Å². The summed E-state index contributed by atoms with van der Waals surface area (Å²) in [6.45, 7) is 1.70. The number of pyridine rings is 1. The van der Waals surface area contributed by atoms with E-state index >= 15 is 0 Å². The minimum atomic E-state index is 0.823. The highest BCUT2D eigenvalue weighted by atomic mass is 16.5. The Morgan fingerprint density at radius 3 is 2.89 bits per heavy atom. The minimum Gasteiger partial charge on any atom is -0.497 e. The Morgan fingerprint density at radius 1 is 1.04 bits per heavy atom. The second-order valence-electron chi connectivity index (χ2n) is 6.67. The number of aromatic amines is 1. The van der Waals surface area contributed by atoms with Gasteiger partial charge in [-0.1, -0.05) is 12.1 Å². The Labute approximate surface area is 156 Å². The highest BCUT2D eigenvalue weighted by Crippen LogP contribution is 2.30. The van der Waals surface area contributed by atoms with Gasteiger partial charge in [-0.05, 0) is 53.6 Å². The molecule has 6 nitrogen and oxygen atoms in total. The van der Waals surface area contributed by atoms with E-state index in [2.05, 4.69) is 38.6 Å². The van der Waals surface area contributed by atoms with Crippen molar-refractivity contribution in [2.24, 2.45) is 0 Å². The molecule has 3 heterocycles. The zero-order valence-corrected chi connectivity index (χ0v) is 14.9. The summed E-state index contributed by atoms with van der Waals surface area (Å²) < 4.78 is 5.34. The molecule has 5 rings (SSSR count). The summed E-state index contributed by atoms with van der Waals surface area (Å²) in [6.07, 6.45) is 1.82. The third-order valence-corrected chi connectivity index (χ3v) is 4.91. The number of benzene rings is 2. The van der Waals surface area contributed by atoms with Gasteiger partial charge >= 0.3 is 0 Å². The average molecular weight is 357 g/mol. The molecule has 2 aromatic carbocycles. The topological polar surface area (TPSA) is 66.1 Å². The molecule has 0 aliphatic carbocycles. The molecule has 0 saturated heterocycles. The van der Waals surface area contributed by atoms with Crippen LogP contribution >= 0.6 is 0 Å². The van der Waals surface area contributed by atoms with E-state index in [0.717, 1.165) is 47.1 Å². The average Bonchev–Trinajstić information content (AvgIpc) is 3.33. The van der Waals surface area contributed by atoms with Gasteiger partial charge < -0.3 is 15.0 Å². The number of hydrogen-bond acceptors (Lipinski definition) is 5. The zero-order valence-electron chi connectivity index (χ0n) is 14.9. The second kappa shape index (κ2) is 6.32. The summed E-state index contributed by atoms with van der Waals surface area (Å²) in [7, 11) is 1.70. The van der Waals surface area contributed by atoms with E-state index in [0.29, 0.717) is 0 Å². The Kier molecular flexibility index (Phi) is 3.67. The number of methoxy groups -OCH3 is 1. The standard InChI is InChI=1S/C21H19N5O/c1-27-18-7-5-14-12-26(13-16(14)10-18)21-4-2-3-20(24-21)23-17-6-8-19-15(9-17)11-22-25-19/h2-11H,12-13H2,1H3,(H,22,25)(H,23,24). The van der Waals surface area contributed by atoms with Crippen molar-refractivity contribution < 1.29 is 4.74 Å². The monoisotopic (exact) mass is 357 g/mol. The lowest BCUT2D eigenvalue weighted by Gasteiger charge is -2.17. The molecule has 0 unspecified atom stereocenters. The Hall–Kier alpha value is -3.54. The summed E-state index contributed by atoms with van der Waals surface area (Å²) in [4.78, 5) is 7.08. The summed E-state index contributed by atoms with van der Waals surface area (Å²) in [5.74, 6) is 2.68. The molecule has 0 fully saturated rings. The lowest BCUT2D eigenvalue weighted by atomic mass is 10.1. The SMILES string of the molecule is COc1ccc2c(c1)CN(c1cccc(Nc3ccc4[nH]ncc4c3)n1)C2. The minimum absolute atomic E-state index is 0.823. The van der Waals surface area contributed by atoms with Crippen LogP contribution in [0.4, 0.5) is 17.3 Å². The number of rotatable bonds is 4. The third-order valence-electron chi connectivity index (χ3n) is 4.91. The predicted molar refractivity (Wildman–Crippen MR) is 106 cm³/mol. The molecule has 1 aliphatic heterocycles. The van der Waals surface area contributed by atoms with Crippen LogP contribution in [0, 0.1) is 0 Å². The summed E-state index contributed by atoms with van der Waals surface area (Å²) >= 11 is 0. The van der Waals surface area contributed by atoms with Crippen LogP contribution in [0.25, 0.3) is 10.9 Å². The van der Waals surface area contributed by atoms with E-state index in [1.165, 1.54) is 11.1 Å². The second-order valence-corrected chi connectivity index (χ2v) is 6.67. The van der Waals surface area contributed by atoms with E-state index in [9.17, 15) is 0 Å². The van der Waals surface area contributed by atoms with Gasteiger partial charge in [0.25, 0.3) is 0 Å². The normalized spacial score (nSPS) is 13.0. The molecule has 0 bridgehead atoms. The van der Waals surface area contributed by atoms with Crippen molar-refractivity contribution in [3.05, 3.63) is 71.9 Å². The van der Waals surface area contributed by atoms with E-state index in [1.54, 1.807) is 7.11 Å². The van der Waals surface area contributed by atoms with Gasteiger partial charge in [-0.15, -0.1) is 0 Å². The number of H-pyrrole nitrogens is 1. The molecular formula is C21H19N5O. The van der Waals surface area contributed by atoms with Gasteiger partial charge in [-0.25, -0.2) is 4.98 Å². The maximum absolute atomic E-state index is 5.34. The van der Waals surface area contributed by atoms with Crippen LogP contribution in [0.5, 0.6) is 5.75 Å². The van der Waals surface area contributed by atoms with Gasteiger partial charge in [-0.2, -0.15) is 5.10 Å². The molecule has 4 aromatic rings. The number of nitrogens with zero attached hydrogens (tertiary/aromatic N) is 3. The van der Waals surface area contributed by atoms with Crippen molar-refractivity contribution >= 4 is 28.2 Å². The Morgan fingerprint density at radius 2 is 1.96 bits per heavy atom. The van der Waals surface area contributed by atoms with Crippen LogP contribution < -0.4 is 15.0 Å². The highest BCUT2D eigenvalue weighted by Gasteiger charge is 2.20. The third kappa shape index (κ3) is 2.95. The lowest BCUT2D eigenvalue weighted by molar-refractivity contribution is 0.414. The highest BCUT2D eigenvalue weighted by molar-refractivity contribution is 5.82. The van der Waals surface area contributed by atoms with Crippen LogP contribution in [0.15, 0.2) is 60.8 Å². The molecule has 0 spiro atoms. The van der Waals surface area contributed by atoms with Crippen molar-refractivity contribution in [1.29, 1.82) is 0 Å². The van der Waals surface area contributed by atoms with Crippen LogP contribution in [0.1, 0.15) is 11.1 Å². The summed E-state index contributed by atoms with van der Waals surface area (Å²) in [5, 5.41) is 11.5. The number of fused-ring (bicyclic) bond motifs is 2. The fourth-order valence-electron chi connectivity index (χ4n) is 3.50. The van der Waals surface area contributed by atoms with Crippen LogP contribution in [-0.4, -0.2) is 22.3 Å². The van der Waals surface area contributed by atoms with Crippen molar-refractivity contribution in [3.63, 3.8) is 0 Å². The first-order valence-corrected chi connectivity index (χ1v) is 8.86. The molecule has 0 saturated carbocycles. The fourth-order valence-corrected chi connectivity index (χ4v) is 3.50. The van der Waals surface area contributed by atoms with E-state index in [1.807, 2.05) is 42.6 Å². The van der Waals surface area contributed by atoms with Gasteiger partial charge in [0.15, 0.2) is 0 Å². The summed E-state index contributed by atoms with van der Waals surface area (Å²) in [6, 6.07) is 18.4. The van der Waals surface area contributed by atoms with Crippen LogP contribution in [-0.2, 0) is 13.1 Å². The molecule has 2 aromatic heterocycles. The van der Waals surface area contributed by atoms with Crippen molar-refractivity contribution in [1.82, 2.24) is 15.2 Å². The van der Waals surface area contributed by atoms with E-state index in [4.69, 9.17) is 9.72 Å². The first-order chi connectivity index (χ1) is 13.3. The molecule has 0 atom stereocenters. The maximum Gasteiger partial charge on any atom is 0.132 e. The molecule has 6 heteroatoms. The van der Waals surface area contributed by atoms with E-state index < -0.39 is 0 Å². The number of anilines is 3. The van der Waals surface area contributed by atoms with Gasteiger partial charge in [-0.3, -0.25) is 5.10 Å². The molecule has 134 valence electrons. The molecule has 27 heavy (non-hydrogen) atoms. The molecular weight excluding hydrogens is 338 g/mol. The number of hydrogen-bond donors (Lipinski definition) is 2.